The van der Waals surface area contributed by atoms with Crippen molar-refractivity contribution < 1.29 is 45.0 Å². The average Bonchev–Trinajstić information content (AvgIpc) is 3.32. The molecule has 0 spiro atoms. The van der Waals surface area contributed by atoms with Crippen molar-refractivity contribution in [3.05, 3.63) is 65.0 Å². The normalized spacial score (nSPS) is 27.5. The van der Waals surface area contributed by atoms with Crippen LogP contribution in [0.15, 0.2) is 47.4 Å². The number of benzene rings is 2. The number of hydrogen-bond donors (Lipinski definition) is 1. The number of fused-ring (bicyclic) bond motifs is 3. The van der Waals surface area contributed by atoms with Crippen molar-refractivity contribution in [2.75, 3.05) is 13.2 Å². The van der Waals surface area contributed by atoms with Crippen molar-refractivity contribution in [3.8, 4) is 0 Å². The maximum Gasteiger partial charge on any atom is 0.426 e. The molecule has 1 aliphatic heterocycles. The summed E-state index contributed by atoms with van der Waals surface area (Å²) in [4.78, 5) is 13.1. The Balaban J connectivity index is 1.56. The number of rotatable bonds is 7. The predicted octanol–water partition coefficient (Wildman–Crippen LogP) is 5.96. The van der Waals surface area contributed by atoms with Gasteiger partial charge in [0.1, 0.15) is 16.7 Å². The molecule has 5 atom stereocenters. The van der Waals surface area contributed by atoms with Gasteiger partial charge in [-0.2, -0.15) is 13.2 Å². The lowest BCUT2D eigenvalue weighted by Gasteiger charge is -2.43. The molecule has 5 nitrogen and oxygen atoms in total. The zero-order valence-corrected chi connectivity index (χ0v) is 23.4. The number of aryl methyl sites for hydroxylation is 1. The van der Waals surface area contributed by atoms with E-state index in [1.807, 2.05) is 0 Å². The van der Waals surface area contributed by atoms with Gasteiger partial charge < -0.3 is 9.84 Å². The smallest absolute Gasteiger partial charge is 0.385 e. The van der Waals surface area contributed by atoms with Crippen LogP contribution in [0.1, 0.15) is 62.1 Å². The molecule has 2 aromatic carbocycles. The summed E-state index contributed by atoms with van der Waals surface area (Å²) in [5.74, 6) is -2.21. The van der Waals surface area contributed by atoms with Gasteiger partial charge in [-0.05, 0) is 104 Å². The minimum atomic E-state index is -5.17. The van der Waals surface area contributed by atoms with E-state index in [9.17, 15) is 40.3 Å². The lowest BCUT2D eigenvalue weighted by atomic mass is 9.71. The minimum Gasteiger partial charge on any atom is -0.385 e. The molecule has 1 heterocycles. The molecule has 2 fully saturated rings. The number of hydrogen-bond acceptors (Lipinski definition) is 5. The number of Topliss-reactive ketones (excluding diaryl/α,β-unsaturated/α-hetero) is 1. The Labute approximate surface area is 236 Å². The van der Waals surface area contributed by atoms with Gasteiger partial charge in [0, 0.05) is 19.6 Å². The third kappa shape index (κ3) is 5.01. The Morgan fingerprint density at radius 1 is 1.05 bits per heavy atom. The van der Waals surface area contributed by atoms with E-state index in [1.54, 1.807) is 0 Å². The molecular formula is C30H33F5O5S. The van der Waals surface area contributed by atoms with Crippen molar-refractivity contribution in [2.24, 2.45) is 17.8 Å². The van der Waals surface area contributed by atoms with Crippen LogP contribution in [0.3, 0.4) is 0 Å². The van der Waals surface area contributed by atoms with Crippen LogP contribution in [0.4, 0.5) is 22.0 Å². The van der Waals surface area contributed by atoms with Crippen LogP contribution in [0.2, 0.25) is 0 Å². The molecule has 1 saturated carbocycles. The zero-order chi connectivity index (χ0) is 29.8. The molecule has 1 N–H and O–H groups in total. The molecule has 2 unspecified atom stereocenters. The third-order valence-corrected chi connectivity index (χ3v) is 12.1. The molecule has 3 aliphatic rings. The first-order chi connectivity index (χ1) is 19.2. The van der Waals surface area contributed by atoms with E-state index in [0.29, 0.717) is 50.5 Å². The molecule has 5 rings (SSSR count). The van der Waals surface area contributed by atoms with Gasteiger partial charge in [-0.25, -0.2) is 17.2 Å². The number of carbonyl (C=O) groups is 1. The van der Waals surface area contributed by atoms with Crippen LogP contribution in [-0.2, 0) is 36.2 Å². The number of halogens is 5. The SMILES string of the molecule is CC(F)(c1ccc2c(c1)CC[C@H]1[C@H](CC(=O)C(O)C3CCOCC3)CC[C@@]21S(=O)(=O)c1ccc(F)cc1)C(F)(F)F. The Hall–Kier alpha value is -2.37. The summed E-state index contributed by atoms with van der Waals surface area (Å²) in [6, 6.07) is 7.76. The van der Waals surface area contributed by atoms with Crippen molar-refractivity contribution in [1.29, 1.82) is 0 Å². The second-order valence-corrected chi connectivity index (χ2v) is 13.9. The summed E-state index contributed by atoms with van der Waals surface area (Å²) < 4.78 is 102. The van der Waals surface area contributed by atoms with Gasteiger partial charge >= 0.3 is 6.18 Å². The summed E-state index contributed by atoms with van der Waals surface area (Å²) in [6.45, 7) is 1.34. The molecule has 41 heavy (non-hydrogen) atoms. The van der Waals surface area contributed by atoms with Crippen molar-refractivity contribution in [2.45, 2.75) is 79.5 Å². The highest BCUT2D eigenvalue weighted by Crippen LogP contribution is 2.60. The van der Waals surface area contributed by atoms with Gasteiger partial charge in [0.25, 0.3) is 0 Å². The largest absolute Gasteiger partial charge is 0.426 e. The highest BCUT2D eigenvalue weighted by Gasteiger charge is 2.61. The summed E-state index contributed by atoms with van der Waals surface area (Å²) >= 11 is 0. The Morgan fingerprint density at radius 2 is 1.71 bits per heavy atom. The molecule has 0 amide bonds. The Bertz CT molecular complexity index is 1400. The van der Waals surface area contributed by atoms with Gasteiger partial charge in [0.2, 0.25) is 5.67 Å². The number of aliphatic hydroxyl groups excluding tert-OH is 1. The van der Waals surface area contributed by atoms with Crippen molar-refractivity contribution in [3.63, 3.8) is 0 Å². The standard InChI is InChI=1S/C30H33F5O5S/c1-28(32,30(33,34)35)21-3-9-25-19(16-21)2-8-24-20(17-26(36)27(37)18-11-14-40-15-12-18)10-13-29(24,25)41(38,39)23-6-4-22(31)5-7-23/h3-7,9,16,18,20,24,27,37H,2,8,10-15,17H2,1H3/t20-,24-,27?,28?,29-/m0/s1. The number of alkyl halides is 4. The summed E-state index contributed by atoms with van der Waals surface area (Å²) in [6.07, 6.45) is -4.42. The fourth-order valence-electron chi connectivity index (χ4n) is 7.17. The zero-order valence-electron chi connectivity index (χ0n) is 22.6. The molecule has 11 heteroatoms. The number of sulfone groups is 1. The average molecular weight is 601 g/mol. The predicted molar refractivity (Wildman–Crippen MR) is 140 cm³/mol. The maximum absolute atomic E-state index is 14.9. The number of carbonyl (C=O) groups excluding carboxylic acids is 1. The Morgan fingerprint density at radius 3 is 2.34 bits per heavy atom. The fourth-order valence-corrected chi connectivity index (χ4v) is 9.67. The van der Waals surface area contributed by atoms with Gasteiger partial charge in [0.15, 0.2) is 15.6 Å². The monoisotopic (exact) mass is 600 g/mol. The highest BCUT2D eigenvalue weighted by molar-refractivity contribution is 7.92. The van der Waals surface area contributed by atoms with E-state index in [0.717, 1.165) is 36.4 Å². The van der Waals surface area contributed by atoms with Gasteiger partial charge in [0.05, 0.1) is 4.90 Å². The molecule has 224 valence electrons. The fraction of sp³-hybridized carbons (Fsp3) is 0.567. The Kier molecular flexibility index (Phi) is 7.87. The van der Waals surface area contributed by atoms with Crippen LogP contribution in [0, 0.1) is 23.6 Å². The second-order valence-electron chi connectivity index (χ2n) is 11.7. The molecule has 0 aromatic heterocycles. The molecule has 0 bridgehead atoms. The summed E-state index contributed by atoms with van der Waals surface area (Å²) in [5.41, 5.74) is -3.64. The van der Waals surface area contributed by atoms with E-state index in [4.69, 9.17) is 4.74 Å². The summed E-state index contributed by atoms with van der Waals surface area (Å²) in [7, 11) is -4.25. The highest BCUT2D eigenvalue weighted by atomic mass is 32.2. The van der Waals surface area contributed by atoms with Crippen molar-refractivity contribution in [1.82, 2.24) is 0 Å². The first-order valence-corrected chi connectivity index (χ1v) is 15.4. The lowest BCUT2D eigenvalue weighted by molar-refractivity contribution is -0.228. The van der Waals surface area contributed by atoms with Crippen molar-refractivity contribution >= 4 is 15.6 Å². The van der Waals surface area contributed by atoms with Crippen LogP contribution >= 0.6 is 0 Å². The third-order valence-electron chi connectivity index (χ3n) is 9.52. The molecule has 2 aromatic rings. The van der Waals surface area contributed by atoms with E-state index in [2.05, 4.69) is 0 Å². The van der Waals surface area contributed by atoms with Crippen LogP contribution in [0.25, 0.3) is 0 Å². The lowest BCUT2D eigenvalue weighted by Crippen LogP contribution is -2.45. The number of aliphatic hydroxyl groups is 1. The van der Waals surface area contributed by atoms with E-state index >= 15 is 0 Å². The molecule has 0 radical (unpaired) electrons. The topological polar surface area (TPSA) is 80.7 Å². The van der Waals surface area contributed by atoms with Gasteiger partial charge in [-0.15, -0.1) is 0 Å². The minimum absolute atomic E-state index is 0.0338. The first-order valence-electron chi connectivity index (χ1n) is 13.9. The summed E-state index contributed by atoms with van der Waals surface area (Å²) in [5, 5.41) is 10.8. The van der Waals surface area contributed by atoms with Crippen LogP contribution < -0.4 is 0 Å². The second kappa shape index (κ2) is 10.7. The van der Waals surface area contributed by atoms with Crippen LogP contribution in [-0.4, -0.2) is 44.8 Å². The first kappa shape index (κ1) is 30.1. The van der Waals surface area contributed by atoms with Gasteiger partial charge in [-0.3, -0.25) is 4.79 Å². The number of ether oxygens (including phenoxy) is 1. The maximum atomic E-state index is 14.9. The quantitative estimate of drug-likeness (QED) is 0.313. The van der Waals surface area contributed by atoms with Crippen LogP contribution in [0.5, 0.6) is 0 Å². The van der Waals surface area contributed by atoms with E-state index < -0.39 is 55.7 Å². The molecule has 2 aliphatic carbocycles. The van der Waals surface area contributed by atoms with E-state index in [-0.39, 0.29) is 42.3 Å². The molecular weight excluding hydrogens is 567 g/mol. The van der Waals surface area contributed by atoms with Gasteiger partial charge in [-0.1, -0.05) is 18.2 Å². The molecule has 1 saturated heterocycles. The van der Waals surface area contributed by atoms with E-state index in [1.165, 1.54) is 6.07 Å². The number of ketones is 1.